The van der Waals surface area contributed by atoms with Gasteiger partial charge in [0.05, 0.1) is 6.54 Å². The maximum Gasteiger partial charge on any atom is 0.253 e. The fraction of sp³-hybridized carbons (Fsp3) is 0.333. The molecule has 5 heteroatoms. The number of anilines is 2. The van der Waals surface area contributed by atoms with Crippen LogP contribution in [-0.4, -0.2) is 43.4 Å². The molecular formula is C21H25N3O2. The highest BCUT2D eigenvalue weighted by Gasteiger charge is 2.24. The third-order valence-corrected chi connectivity index (χ3v) is 4.80. The predicted molar refractivity (Wildman–Crippen MR) is 105 cm³/mol. The van der Waals surface area contributed by atoms with E-state index < -0.39 is 0 Å². The smallest absolute Gasteiger partial charge is 0.253 e. The van der Waals surface area contributed by atoms with Crippen LogP contribution >= 0.6 is 0 Å². The Morgan fingerprint density at radius 2 is 1.81 bits per heavy atom. The van der Waals surface area contributed by atoms with E-state index in [2.05, 4.69) is 29.3 Å². The van der Waals surface area contributed by atoms with Gasteiger partial charge in [-0.3, -0.25) is 9.59 Å². The number of nitrogens with zero attached hydrogens (tertiary/aromatic N) is 2. The molecule has 0 radical (unpaired) electrons. The van der Waals surface area contributed by atoms with Crippen LogP contribution in [0.25, 0.3) is 0 Å². The van der Waals surface area contributed by atoms with Crippen LogP contribution in [0.15, 0.2) is 48.5 Å². The van der Waals surface area contributed by atoms with Gasteiger partial charge in [-0.1, -0.05) is 18.2 Å². The summed E-state index contributed by atoms with van der Waals surface area (Å²) >= 11 is 0. The highest BCUT2D eigenvalue weighted by Crippen LogP contribution is 2.30. The molecule has 0 spiro atoms. The zero-order chi connectivity index (χ0) is 18.7. The van der Waals surface area contributed by atoms with Crippen molar-refractivity contribution in [1.82, 2.24) is 4.90 Å². The van der Waals surface area contributed by atoms with E-state index in [9.17, 15) is 9.59 Å². The maximum absolute atomic E-state index is 12.5. The van der Waals surface area contributed by atoms with Crippen molar-refractivity contribution in [2.75, 3.05) is 30.9 Å². The minimum absolute atomic E-state index is 0.0541. The van der Waals surface area contributed by atoms with Crippen molar-refractivity contribution in [2.45, 2.75) is 25.8 Å². The molecule has 1 aliphatic rings. The molecule has 26 heavy (non-hydrogen) atoms. The second-order valence-electron chi connectivity index (χ2n) is 6.97. The number of rotatable bonds is 4. The first-order chi connectivity index (χ1) is 12.5. The number of hydrogen-bond donors (Lipinski definition) is 1. The molecule has 0 saturated heterocycles. The van der Waals surface area contributed by atoms with E-state index in [0.29, 0.717) is 23.8 Å². The van der Waals surface area contributed by atoms with Gasteiger partial charge in [0.15, 0.2) is 0 Å². The molecule has 2 aromatic rings. The van der Waals surface area contributed by atoms with Gasteiger partial charge in [0.1, 0.15) is 0 Å². The summed E-state index contributed by atoms with van der Waals surface area (Å²) < 4.78 is 0. The van der Waals surface area contributed by atoms with Crippen LogP contribution in [0.2, 0.25) is 0 Å². The molecule has 0 aromatic heterocycles. The number of hydrogen-bond acceptors (Lipinski definition) is 3. The molecule has 0 saturated carbocycles. The van der Waals surface area contributed by atoms with Gasteiger partial charge >= 0.3 is 0 Å². The van der Waals surface area contributed by atoms with Crippen molar-refractivity contribution in [3.05, 3.63) is 59.7 Å². The second-order valence-corrected chi connectivity index (χ2v) is 6.97. The van der Waals surface area contributed by atoms with E-state index in [1.807, 2.05) is 12.1 Å². The number of carbonyl (C=O) groups is 2. The molecule has 0 bridgehead atoms. The molecule has 0 aliphatic carbocycles. The first-order valence-electron chi connectivity index (χ1n) is 8.92. The standard InChI is InChI=1S/C21H25N3O2/c1-15-8-9-16-6-4-5-7-19(16)24(15)14-20(25)22-18-12-10-17(11-13-18)21(26)23(2)3/h4-7,10-13,15H,8-9,14H2,1-3H3,(H,22,25)/t15-/m0/s1. The Bertz CT molecular complexity index is 799. The average molecular weight is 351 g/mol. The Labute approximate surface area is 154 Å². The van der Waals surface area contributed by atoms with Crippen molar-refractivity contribution < 1.29 is 9.59 Å². The summed E-state index contributed by atoms with van der Waals surface area (Å²) in [6.07, 6.45) is 2.10. The van der Waals surface area contributed by atoms with Gasteiger partial charge < -0.3 is 15.1 Å². The summed E-state index contributed by atoms with van der Waals surface area (Å²) in [7, 11) is 3.44. The van der Waals surface area contributed by atoms with Crippen molar-refractivity contribution >= 4 is 23.2 Å². The highest BCUT2D eigenvalue weighted by atomic mass is 16.2. The molecule has 2 aromatic carbocycles. The number of amides is 2. The third-order valence-electron chi connectivity index (χ3n) is 4.80. The van der Waals surface area contributed by atoms with E-state index in [1.54, 1.807) is 38.4 Å². The Balaban J connectivity index is 1.67. The lowest BCUT2D eigenvalue weighted by molar-refractivity contribution is -0.115. The van der Waals surface area contributed by atoms with Gasteiger partial charge in [-0.05, 0) is 55.7 Å². The van der Waals surface area contributed by atoms with Gasteiger partial charge in [-0.2, -0.15) is 0 Å². The van der Waals surface area contributed by atoms with Crippen molar-refractivity contribution in [1.29, 1.82) is 0 Å². The Morgan fingerprint density at radius 1 is 1.12 bits per heavy atom. The van der Waals surface area contributed by atoms with E-state index in [1.165, 1.54) is 10.5 Å². The lowest BCUT2D eigenvalue weighted by Gasteiger charge is -2.36. The largest absolute Gasteiger partial charge is 0.359 e. The van der Waals surface area contributed by atoms with E-state index >= 15 is 0 Å². The van der Waals surface area contributed by atoms with Crippen molar-refractivity contribution in [3.8, 4) is 0 Å². The summed E-state index contributed by atoms with van der Waals surface area (Å²) in [5.41, 5.74) is 3.74. The van der Waals surface area contributed by atoms with Crippen LogP contribution in [0.3, 0.4) is 0 Å². The molecule has 2 amide bonds. The minimum Gasteiger partial charge on any atom is -0.359 e. The predicted octanol–water partition coefficient (Wildman–Crippen LogP) is 3.17. The normalized spacial score (nSPS) is 16.0. The minimum atomic E-state index is -0.0553. The van der Waals surface area contributed by atoms with Crippen LogP contribution in [0, 0.1) is 0 Å². The Kier molecular flexibility index (Phi) is 5.26. The molecule has 0 fully saturated rings. The van der Waals surface area contributed by atoms with E-state index in [0.717, 1.165) is 18.5 Å². The Morgan fingerprint density at radius 3 is 2.50 bits per heavy atom. The summed E-state index contributed by atoms with van der Waals surface area (Å²) in [6, 6.07) is 15.6. The lowest BCUT2D eigenvalue weighted by atomic mass is 9.96. The van der Waals surface area contributed by atoms with Crippen LogP contribution < -0.4 is 10.2 Å². The molecule has 1 aliphatic heterocycles. The van der Waals surface area contributed by atoms with E-state index in [4.69, 9.17) is 0 Å². The number of aryl methyl sites for hydroxylation is 1. The van der Waals surface area contributed by atoms with Gasteiger partial charge in [0.25, 0.3) is 5.91 Å². The number of para-hydroxylation sites is 1. The van der Waals surface area contributed by atoms with Gasteiger partial charge in [-0.25, -0.2) is 0 Å². The number of fused-ring (bicyclic) bond motifs is 1. The van der Waals surface area contributed by atoms with Crippen LogP contribution in [0.1, 0.15) is 29.3 Å². The van der Waals surface area contributed by atoms with Crippen LogP contribution in [0.5, 0.6) is 0 Å². The summed E-state index contributed by atoms with van der Waals surface area (Å²) in [5, 5.41) is 2.93. The number of benzene rings is 2. The summed E-state index contributed by atoms with van der Waals surface area (Å²) in [5.74, 6) is -0.109. The molecule has 3 rings (SSSR count). The fourth-order valence-electron chi connectivity index (χ4n) is 3.31. The SMILES string of the molecule is C[C@H]1CCc2ccccc2N1CC(=O)Nc1ccc(C(=O)N(C)C)cc1. The summed E-state index contributed by atoms with van der Waals surface area (Å²) in [4.78, 5) is 28.2. The van der Waals surface area contributed by atoms with Gasteiger partial charge in [-0.15, -0.1) is 0 Å². The number of carbonyl (C=O) groups excluding carboxylic acids is 2. The molecule has 136 valence electrons. The maximum atomic E-state index is 12.5. The zero-order valence-corrected chi connectivity index (χ0v) is 15.5. The van der Waals surface area contributed by atoms with Gasteiger partial charge in [0.2, 0.25) is 5.91 Å². The lowest BCUT2D eigenvalue weighted by Crippen LogP contribution is -2.42. The highest BCUT2D eigenvalue weighted by molar-refractivity contribution is 5.96. The topological polar surface area (TPSA) is 52.7 Å². The van der Waals surface area contributed by atoms with Crippen LogP contribution in [0.4, 0.5) is 11.4 Å². The van der Waals surface area contributed by atoms with Crippen LogP contribution in [-0.2, 0) is 11.2 Å². The molecular weight excluding hydrogens is 326 g/mol. The van der Waals surface area contributed by atoms with Crippen molar-refractivity contribution in [3.63, 3.8) is 0 Å². The quantitative estimate of drug-likeness (QED) is 0.920. The molecule has 1 atom stereocenters. The van der Waals surface area contributed by atoms with Crippen molar-refractivity contribution in [2.24, 2.45) is 0 Å². The first kappa shape index (κ1) is 18.0. The Hall–Kier alpha value is -2.82. The summed E-state index contributed by atoms with van der Waals surface area (Å²) in [6.45, 7) is 2.47. The third kappa shape index (κ3) is 3.87. The monoisotopic (exact) mass is 351 g/mol. The van der Waals surface area contributed by atoms with Gasteiger partial charge in [0, 0.05) is 37.1 Å². The average Bonchev–Trinajstić information content (AvgIpc) is 2.64. The molecule has 1 N–H and O–H groups in total. The van der Waals surface area contributed by atoms with E-state index in [-0.39, 0.29) is 11.8 Å². The molecule has 5 nitrogen and oxygen atoms in total. The zero-order valence-electron chi connectivity index (χ0n) is 15.5. The molecule has 0 unspecified atom stereocenters. The fourth-order valence-corrected chi connectivity index (χ4v) is 3.31. The second kappa shape index (κ2) is 7.60. The first-order valence-corrected chi connectivity index (χ1v) is 8.92. The molecule has 1 heterocycles. The number of nitrogens with one attached hydrogen (secondary N) is 1.